The third-order valence-electron chi connectivity index (χ3n) is 1.52. The normalized spacial score (nSPS) is 8.91. The van der Waals surface area contributed by atoms with Gasteiger partial charge in [0, 0.05) is 0 Å². The average Bonchev–Trinajstić information content (AvgIpc) is 1.98. The molecule has 11 heavy (non-hydrogen) atoms. The van der Waals surface area contributed by atoms with Gasteiger partial charge in [-0.3, -0.25) is 0 Å². The van der Waals surface area contributed by atoms with Gasteiger partial charge in [-0.05, 0) is 0 Å². The topological polar surface area (TPSA) is 26.3 Å². The Balaban J connectivity index is 3.01. The number of aryl methyl sites for hydroxylation is 2. The van der Waals surface area contributed by atoms with E-state index >= 15 is 0 Å². The fourth-order valence-electron chi connectivity index (χ4n) is 0.886. The molecule has 2 nitrogen and oxygen atoms in total. The molecule has 0 bridgehead atoms. The van der Waals surface area contributed by atoms with Crippen LogP contribution in [0.5, 0.6) is 5.75 Å². The molecular formula is C8H9AlO2. The van der Waals surface area contributed by atoms with Crippen molar-refractivity contribution in [2.75, 3.05) is 0 Å². The molecule has 1 aromatic carbocycles. The van der Waals surface area contributed by atoms with Crippen LogP contribution in [0.4, 0.5) is 0 Å². The van der Waals surface area contributed by atoms with Gasteiger partial charge in [0.05, 0.1) is 0 Å². The molecule has 0 aliphatic rings. The van der Waals surface area contributed by atoms with Crippen LogP contribution in [-0.4, -0.2) is 15.5 Å². The first-order valence-electron chi connectivity index (χ1n) is 3.41. The molecule has 0 aliphatic carbocycles. The number of rotatable bonds is 2. The maximum absolute atomic E-state index is 10.2. The van der Waals surface area contributed by atoms with E-state index in [4.69, 9.17) is 3.79 Å². The Morgan fingerprint density at radius 2 is 2.09 bits per heavy atom. The molecule has 0 spiro atoms. The van der Waals surface area contributed by atoms with Gasteiger partial charge in [-0.1, -0.05) is 0 Å². The summed E-state index contributed by atoms with van der Waals surface area (Å²) >= 11 is -1.15. The van der Waals surface area contributed by atoms with Crippen molar-refractivity contribution in [3.63, 3.8) is 0 Å². The average molecular weight is 164 g/mol. The Labute approximate surface area is 72.4 Å². The number of hydrogen-bond donors (Lipinski definition) is 0. The molecular weight excluding hydrogens is 155 g/mol. The Bertz CT molecular complexity index is 271. The zero-order valence-corrected chi connectivity index (χ0v) is 7.78. The summed E-state index contributed by atoms with van der Waals surface area (Å²) in [4.78, 5) is 0. The van der Waals surface area contributed by atoms with Crippen LogP contribution >= 0.6 is 0 Å². The first-order valence-corrected chi connectivity index (χ1v) is 4.36. The second-order valence-electron chi connectivity index (χ2n) is 2.48. The van der Waals surface area contributed by atoms with Crippen molar-refractivity contribution >= 4 is 15.5 Å². The summed E-state index contributed by atoms with van der Waals surface area (Å²) in [7, 11) is 0. The third kappa shape index (κ3) is 2.15. The van der Waals surface area contributed by atoms with Gasteiger partial charge in [0.2, 0.25) is 0 Å². The first kappa shape index (κ1) is 8.45. The van der Waals surface area contributed by atoms with E-state index in [0.29, 0.717) is 0 Å². The van der Waals surface area contributed by atoms with Gasteiger partial charge in [0.25, 0.3) is 0 Å². The second kappa shape index (κ2) is 3.66. The second-order valence-corrected chi connectivity index (χ2v) is 2.91. The molecule has 56 valence electrons. The van der Waals surface area contributed by atoms with E-state index < -0.39 is 15.5 Å². The van der Waals surface area contributed by atoms with Gasteiger partial charge in [0.1, 0.15) is 0 Å². The Hall–Kier alpha value is -0.648. The van der Waals surface area contributed by atoms with Crippen LogP contribution in [-0.2, 0) is 3.80 Å². The molecule has 0 saturated carbocycles. The van der Waals surface area contributed by atoms with Crippen LogP contribution < -0.4 is 3.79 Å². The van der Waals surface area contributed by atoms with Crippen LogP contribution in [0.25, 0.3) is 0 Å². The van der Waals surface area contributed by atoms with Crippen molar-refractivity contribution in [1.29, 1.82) is 0 Å². The van der Waals surface area contributed by atoms with E-state index in [0.717, 1.165) is 16.9 Å². The van der Waals surface area contributed by atoms with Crippen LogP contribution in [0.1, 0.15) is 11.1 Å². The molecule has 0 N–H and O–H groups in total. The van der Waals surface area contributed by atoms with Crippen molar-refractivity contribution in [3.05, 3.63) is 29.3 Å². The zero-order valence-electron chi connectivity index (χ0n) is 6.63. The quantitative estimate of drug-likeness (QED) is 0.621. The van der Waals surface area contributed by atoms with E-state index in [1.54, 1.807) is 0 Å². The summed E-state index contributed by atoms with van der Waals surface area (Å²) in [5.74, 6) is 0.731. The van der Waals surface area contributed by atoms with Gasteiger partial charge in [-0.15, -0.1) is 0 Å². The van der Waals surface area contributed by atoms with E-state index in [2.05, 4.69) is 0 Å². The van der Waals surface area contributed by atoms with Gasteiger partial charge in [0.15, 0.2) is 0 Å². The van der Waals surface area contributed by atoms with Crippen molar-refractivity contribution in [1.82, 2.24) is 0 Å². The standard InChI is InChI=1S/C8H10O.Al.O/c1-6-3-4-7(2)8(9)5-6;;/h3-5,9H,1-2H3;;/q;+1;/p-1. The van der Waals surface area contributed by atoms with Gasteiger partial charge < -0.3 is 0 Å². The molecule has 0 atom stereocenters. The zero-order chi connectivity index (χ0) is 8.27. The summed E-state index contributed by atoms with van der Waals surface area (Å²) in [6, 6.07) is 5.85. The Morgan fingerprint density at radius 1 is 1.36 bits per heavy atom. The van der Waals surface area contributed by atoms with Gasteiger partial charge in [-0.25, -0.2) is 0 Å². The molecule has 0 heterocycles. The predicted molar refractivity (Wildman–Crippen MR) is 43.0 cm³/mol. The summed E-state index contributed by atoms with van der Waals surface area (Å²) in [6.45, 7) is 3.91. The molecule has 0 radical (unpaired) electrons. The summed E-state index contributed by atoms with van der Waals surface area (Å²) < 4.78 is 15.2. The van der Waals surface area contributed by atoms with E-state index in [1.165, 1.54) is 0 Å². The molecule has 0 saturated heterocycles. The Kier molecular flexibility index (Phi) is 2.81. The molecule has 0 aliphatic heterocycles. The Morgan fingerprint density at radius 3 is 2.73 bits per heavy atom. The van der Waals surface area contributed by atoms with Crippen molar-refractivity contribution < 1.29 is 7.59 Å². The van der Waals surface area contributed by atoms with Crippen LogP contribution in [0.3, 0.4) is 0 Å². The van der Waals surface area contributed by atoms with Crippen molar-refractivity contribution in [3.8, 4) is 5.75 Å². The SMILES string of the molecule is Cc1ccc(C)c([O][Al]=[O])c1. The number of hydrogen-bond acceptors (Lipinski definition) is 2. The van der Waals surface area contributed by atoms with Crippen molar-refractivity contribution in [2.24, 2.45) is 0 Å². The van der Waals surface area contributed by atoms with Crippen LogP contribution in [0.15, 0.2) is 18.2 Å². The molecule has 0 aromatic heterocycles. The summed E-state index contributed by atoms with van der Waals surface area (Å²) in [5, 5.41) is 0. The fourth-order valence-corrected chi connectivity index (χ4v) is 1.24. The van der Waals surface area contributed by atoms with Crippen LogP contribution in [0, 0.1) is 13.8 Å². The molecule has 0 amide bonds. The van der Waals surface area contributed by atoms with Crippen LogP contribution in [0.2, 0.25) is 0 Å². The monoisotopic (exact) mass is 164 g/mol. The molecule has 0 unspecified atom stereocenters. The number of benzene rings is 1. The molecule has 0 fully saturated rings. The minimum atomic E-state index is -1.15. The third-order valence-corrected chi connectivity index (χ3v) is 1.87. The minimum absolute atomic E-state index is 0.731. The van der Waals surface area contributed by atoms with E-state index in [9.17, 15) is 3.80 Å². The van der Waals surface area contributed by atoms with Gasteiger partial charge in [-0.2, -0.15) is 0 Å². The first-order chi connectivity index (χ1) is 5.24. The molecule has 1 aromatic rings. The van der Waals surface area contributed by atoms with Gasteiger partial charge >= 0.3 is 72.0 Å². The predicted octanol–water partition coefficient (Wildman–Crippen LogP) is 1.65. The maximum atomic E-state index is 10.2. The summed E-state index contributed by atoms with van der Waals surface area (Å²) in [6.07, 6.45) is 0. The molecule has 1 rings (SSSR count). The summed E-state index contributed by atoms with van der Waals surface area (Å²) in [5.41, 5.74) is 2.15. The molecule has 3 heteroatoms. The van der Waals surface area contributed by atoms with E-state index in [-0.39, 0.29) is 0 Å². The van der Waals surface area contributed by atoms with E-state index in [1.807, 2.05) is 32.0 Å². The van der Waals surface area contributed by atoms with Crippen molar-refractivity contribution in [2.45, 2.75) is 13.8 Å². The fraction of sp³-hybridized carbons (Fsp3) is 0.250.